The number of allylic oxidation sites excluding steroid dienone is 2. The standard InChI is InChI=1S/C5H5IS/c6-5-2-1-3-7-4-5/h1-2,4H,3H2. The minimum Gasteiger partial charge on any atom is -0.129 e. The molecule has 0 amide bonds. The van der Waals surface area contributed by atoms with Gasteiger partial charge in [0.05, 0.1) is 0 Å². The number of hydrogen-bond acceptors (Lipinski definition) is 1. The lowest BCUT2D eigenvalue weighted by atomic mass is 10.5. The smallest absolute Gasteiger partial charge is 0.0190 e. The number of hydrogen-bond donors (Lipinski definition) is 0. The van der Waals surface area contributed by atoms with Crippen LogP contribution in [-0.4, -0.2) is 5.75 Å². The van der Waals surface area contributed by atoms with Gasteiger partial charge in [-0.1, -0.05) is 12.2 Å². The first kappa shape index (κ1) is 5.69. The zero-order valence-corrected chi connectivity index (χ0v) is 6.70. The molecule has 0 atom stereocenters. The van der Waals surface area contributed by atoms with Gasteiger partial charge in [-0.2, -0.15) is 0 Å². The van der Waals surface area contributed by atoms with Gasteiger partial charge in [0.15, 0.2) is 0 Å². The van der Waals surface area contributed by atoms with E-state index in [2.05, 4.69) is 40.2 Å². The van der Waals surface area contributed by atoms with E-state index in [1.54, 1.807) is 0 Å². The summed E-state index contributed by atoms with van der Waals surface area (Å²) in [5.41, 5.74) is 0. The van der Waals surface area contributed by atoms with Crippen molar-refractivity contribution in [2.24, 2.45) is 0 Å². The Morgan fingerprint density at radius 2 is 2.57 bits per heavy atom. The van der Waals surface area contributed by atoms with Crippen LogP contribution in [0.25, 0.3) is 0 Å². The largest absolute Gasteiger partial charge is 0.129 e. The molecular weight excluding hydrogens is 219 g/mol. The van der Waals surface area contributed by atoms with Crippen LogP contribution in [0.2, 0.25) is 0 Å². The molecule has 0 unspecified atom stereocenters. The van der Waals surface area contributed by atoms with Gasteiger partial charge in [-0.3, -0.25) is 0 Å². The first-order chi connectivity index (χ1) is 3.39. The van der Waals surface area contributed by atoms with Crippen LogP contribution in [0.15, 0.2) is 21.1 Å². The maximum atomic E-state index is 2.31. The van der Waals surface area contributed by atoms with Crippen molar-refractivity contribution >= 4 is 34.4 Å². The van der Waals surface area contributed by atoms with Crippen LogP contribution in [0.4, 0.5) is 0 Å². The third kappa shape index (κ3) is 1.86. The fraction of sp³-hybridized carbons (Fsp3) is 0.200. The highest BCUT2D eigenvalue weighted by atomic mass is 127. The molecule has 0 saturated heterocycles. The van der Waals surface area contributed by atoms with Crippen LogP contribution < -0.4 is 0 Å². The molecule has 1 aliphatic rings. The third-order valence-corrected chi connectivity index (χ3v) is 2.56. The predicted octanol–water partition coefficient (Wildman–Crippen LogP) is 2.57. The van der Waals surface area contributed by atoms with E-state index in [0.29, 0.717) is 0 Å². The summed E-state index contributed by atoms with van der Waals surface area (Å²) in [7, 11) is 0. The van der Waals surface area contributed by atoms with Crippen LogP contribution in [0.3, 0.4) is 0 Å². The zero-order chi connectivity index (χ0) is 5.11. The van der Waals surface area contributed by atoms with Crippen molar-refractivity contribution < 1.29 is 0 Å². The zero-order valence-electron chi connectivity index (χ0n) is 3.73. The van der Waals surface area contributed by atoms with E-state index in [0.717, 1.165) is 5.75 Å². The number of thioether (sulfide) groups is 1. The molecule has 7 heavy (non-hydrogen) atoms. The van der Waals surface area contributed by atoms with Crippen LogP contribution in [0.1, 0.15) is 0 Å². The van der Waals surface area contributed by atoms with E-state index >= 15 is 0 Å². The van der Waals surface area contributed by atoms with Gasteiger partial charge >= 0.3 is 0 Å². The molecule has 1 aliphatic heterocycles. The van der Waals surface area contributed by atoms with Crippen molar-refractivity contribution in [1.82, 2.24) is 0 Å². The van der Waals surface area contributed by atoms with Gasteiger partial charge in [-0.15, -0.1) is 11.8 Å². The molecule has 0 spiro atoms. The molecule has 2 heteroatoms. The molecule has 38 valence electrons. The Morgan fingerprint density at radius 1 is 1.71 bits per heavy atom. The average molecular weight is 224 g/mol. The van der Waals surface area contributed by atoms with E-state index in [1.807, 2.05) is 11.8 Å². The summed E-state index contributed by atoms with van der Waals surface area (Å²) in [6, 6.07) is 0. The van der Waals surface area contributed by atoms with Crippen molar-refractivity contribution in [3.05, 3.63) is 21.1 Å². The lowest BCUT2D eigenvalue weighted by Crippen LogP contribution is -1.72. The average Bonchev–Trinajstić information content (AvgIpc) is 1.69. The number of rotatable bonds is 0. The minimum atomic E-state index is 1.15. The topological polar surface area (TPSA) is 0 Å². The fourth-order valence-corrected chi connectivity index (χ4v) is 1.72. The van der Waals surface area contributed by atoms with Crippen molar-refractivity contribution in [1.29, 1.82) is 0 Å². The van der Waals surface area contributed by atoms with E-state index in [4.69, 9.17) is 0 Å². The summed E-state index contributed by atoms with van der Waals surface area (Å²) < 4.78 is 1.34. The van der Waals surface area contributed by atoms with Crippen LogP contribution in [0, 0.1) is 0 Å². The van der Waals surface area contributed by atoms with Crippen LogP contribution in [-0.2, 0) is 0 Å². The van der Waals surface area contributed by atoms with Crippen molar-refractivity contribution in [2.45, 2.75) is 0 Å². The van der Waals surface area contributed by atoms with E-state index < -0.39 is 0 Å². The van der Waals surface area contributed by atoms with E-state index in [9.17, 15) is 0 Å². The molecule has 0 aromatic rings. The summed E-state index contributed by atoms with van der Waals surface area (Å²) in [6.07, 6.45) is 4.31. The highest BCUT2D eigenvalue weighted by Gasteiger charge is 1.88. The molecule has 0 nitrogen and oxygen atoms in total. The summed E-state index contributed by atoms with van der Waals surface area (Å²) in [4.78, 5) is 0. The Kier molecular flexibility index (Phi) is 2.25. The monoisotopic (exact) mass is 224 g/mol. The molecule has 0 aromatic heterocycles. The van der Waals surface area contributed by atoms with Gasteiger partial charge in [0.2, 0.25) is 0 Å². The highest BCUT2D eigenvalue weighted by Crippen LogP contribution is 2.19. The second-order valence-electron chi connectivity index (χ2n) is 1.24. The Balaban J connectivity index is 2.58. The Morgan fingerprint density at radius 3 is 2.86 bits per heavy atom. The molecular formula is C5H5IS. The Labute approximate surface area is 61.2 Å². The minimum absolute atomic E-state index is 1.15. The Bertz CT molecular complexity index is 115. The molecule has 0 bridgehead atoms. The fourth-order valence-electron chi connectivity index (χ4n) is 0.383. The molecule has 1 heterocycles. The van der Waals surface area contributed by atoms with Gasteiger partial charge in [-0.25, -0.2) is 0 Å². The lowest BCUT2D eigenvalue weighted by Gasteiger charge is -1.94. The molecule has 0 N–H and O–H groups in total. The summed E-state index contributed by atoms with van der Waals surface area (Å²) in [6.45, 7) is 0. The van der Waals surface area contributed by atoms with Gasteiger partial charge in [0.25, 0.3) is 0 Å². The summed E-state index contributed by atoms with van der Waals surface area (Å²) in [5, 5.41) is 2.17. The first-order valence-electron chi connectivity index (χ1n) is 2.03. The van der Waals surface area contributed by atoms with Gasteiger partial charge < -0.3 is 0 Å². The van der Waals surface area contributed by atoms with E-state index in [-0.39, 0.29) is 0 Å². The highest BCUT2D eigenvalue weighted by molar-refractivity contribution is 14.1. The molecule has 0 aliphatic carbocycles. The molecule has 1 rings (SSSR count). The van der Waals surface area contributed by atoms with Crippen LogP contribution in [0.5, 0.6) is 0 Å². The molecule has 0 radical (unpaired) electrons. The molecule has 0 aromatic carbocycles. The van der Waals surface area contributed by atoms with Crippen molar-refractivity contribution in [3.63, 3.8) is 0 Å². The summed E-state index contributed by atoms with van der Waals surface area (Å²) in [5.74, 6) is 1.15. The maximum Gasteiger partial charge on any atom is 0.0190 e. The second kappa shape index (κ2) is 2.77. The second-order valence-corrected chi connectivity index (χ2v) is 3.39. The predicted molar refractivity (Wildman–Crippen MR) is 43.7 cm³/mol. The summed E-state index contributed by atoms with van der Waals surface area (Å²) >= 11 is 4.16. The number of halogens is 1. The maximum absolute atomic E-state index is 2.31. The Hall–Kier alpha value is 0.560. The lowest BCUT2D eigenvalue weighted by molar-refractivity contribution is 1.74. The van der Waals surface area contributed by atoms with Crippen molar-refractivity contribution in [2.75, 3.05) is 5.75 Å². The van der Waals surface area contributed by atoms with Gasteiger partial charge in [-0.05, 0) is 28.0 Å². The SMILES string of the molecule is IC1=CSCC=C1. The molecule has 0 fully saturated rings. The van der Waals surface area contributed by atoms with Gasteiger partial charge in [0.1, 0.15) is 0 Å². The van der Waals surface area contributed by atoms with Crippen LogP contribution >= 0.6 is 34.4 Å². The third-order valence-electron chi connectivity index (χ3n) is 0.665. The van der Waals surface area contributed by atoms with Gasteiger partial charge in [0, 0.05) is 9.33 Å². The molecule has 0 saturated carbocycles. The normalized spacial score (nSPS) is 19.3. The first-order valence-corrected chi connectivity index (χ1v) is 4.16. The van der Waals surface area contributed by atoms with Crippen molar-refractivity contribution in [3.8, 4) is 0 Å². The van der Waals surface area contributed by atoms with E-state index in [1.165, 1.54) is 3.58 Å². The quantitative estimate of drug-likeness (QED) is 0.570.